The molecule has 1 unspecified atom stereocenters. The molecule has 1 aliphatic heterocycles. The number of carbonyl (C=O) groups excluding carboxylic acids is 2. The molecule has 0 aromatic rings. The standard InChI is InChI=1S/C11H14O3/c12-10-4-3-8(7-11(10)13)6-9-2-1-5-14-9/h7,9H,1-6H2. The van der Waals surface area contributed by atoms with Gasteiger partial charge < -0.3 is 4.74 Å². The van der Waals surface area contributed by atoms with Gasteiger partial charge in [-0.2, -0.15) is 0 Å². The fraction of sp³-hybridized carbons (Fsp3) is 0.636. The summed E-state index contributed by atoms with van der Waals surface area (Å²) in [7, 11) is 0. The monoisotopic (exact) mass is 194 g/mol. The smallest absolute Gasteiger partial charge is 0.221 e. The van der Waals surface area contributed by atoms with Crippen LogP contribution in [0.2, 0.25) is 0 Å². The van der Waals surface area contributed by atoms with Crippen LogP contribution in [0.4, 0.5) is 0 Å². The van der Waals surface area contributed by atoms with Crippen LogP contribution in [-0.4, -0.2) is 24.3 Å². The molecule has 0 spiro atoms. The molecule has 0 amide bonds. The Bertz CT molecular complexity index is 285. The molecule has 2 rings (SSSR count). The van der Waals surface area contributed by atoms with E-state index in [1.807, 2.05) is 0 Å². The number of carbonyl (C=O) groups is 2. The first-order valence-corrected chi connectivity index (χ1v) is 5.14. The van der Waals surface area contributed by atoms with E-state index in [-0.39, 0.29) is 17.7 Å². The molecule has 0 radical (unpaired) electrons. The van der Waals surface area contributed by atoms with Crippen molar-refractivity contribution in [3.63, 3.8) is 0 Å². The number of Topliss-reactive ketones (excluding diaryl/α,β-unsaturated/α-hetero) is 1. The van der Waals surface area contributed by atoms with Gasteiger partial charge in [-0.05, 0) is 31.8 Å². The minimum Gasteiger partial charge on any atom is -0.378 e. The van der Waals surface area contributed by atoms with E-state index in [4.69, 9.17) is 4.74 Å². The Morgan fingerprint density at radius 3 is 2.86 bits per heavy atom. The van der Waals surface area contributed by atoms with Crippen molar-refractivity contribution in [2.75, 3.05) is 6.61 Å². The van der Waals surface area contributed by atoms with Gasteiger partial charge >= 0.3 is 0 Å². The van der Waals surface area contributed by atoms with E-state index in [1.54, 1.807) is 0 Å². The van der Waals surface area contributed by atoms with Crippen LogP contribution < -0.4 is 0 Å². The molecule has 3 nitrogen and oxygen atoms in total. The van der Waals surface area contributed by atoms with Gasteiger partial charge in [0.2, 0.25) is 11.6 Å². The second-order valence-corrected chi connectivity index (χ2v) is 3.93. The van der Waals surface area contributed by atoms with Crippen LogP contribution >= 0.6 is 0 Å². The van der Waals surface area contributed by atoms with Crippen LogP contribution in [0.15, 0.2) is 11.6 Å². The molecule has 1 saturated heterocycles. The molecule has 1 fully saturated rings. The molecule has 0 N–H and O–H groups in total. The van der Waals surface area contributed by atoms with Crippen molar-refractivity contribution in [2.24, 2.45) is 0 Å². The molecule has 1 heterocycles. The Kier molecular flexibility index (Phi) is 2.77. The van der Waals surface area contributed by atoms with Gasteiger partial charge in [-0.25, -0.2) is 0 Å². The minimum absolute atomic E-state index is 0.249. The zero-order valence-corrected chi connectivity index (χ0v) is 8.12. The third kappa shape index (κ3) is 2.10. The first-order valence-electron chi connectivity index (χ1n) is 5.14. The first kappa shape index (κ1) is 9.59. The van der Waals surface area contributed by atoms with E-state index in [1.165, 1.54) is 6.08 Å². The lowest BCUT2D eigenvalue weighted by atomic mass is 9.93. The summed E-state index contributed by atoms with van der Waals surface area (Å²) in [5.41, 5.74) is 1.08. The Morgan fingerprint density at radius 2 is 2.21 bits per heavy atom. The van der Waals surface area contributed by atoms with Crippen molar-refractivity contribution >= 4 is 11.6 Å². The van der Waals surface area contributed by atoms with Gasteiger partial charge in [0.25, 0.3) is 0 Å². The van der Waals surface area contributed by atoms with Crippen molar-refractivity contribution in [1.82, 2.24) is 0 Å². The highest BCUT2D eigenvalue weighted by molar-refractivity contribution is 6.42. The average Bonchev–Trinajstić information content (AvgIpc) is 2.64. The van der Waals surface area contributed by atoms with Crippen LogP contribution in [0.5, 0.6) is 0 Å². The maximum atomic E-state index is 11.1. The molecule has 0 aromatic carbocycles. The number of ether oxygens (including phenoxy) is 1. The molecular formula is C11H14O3. The number of hydrogen-bond acceptors (Lipinski definition) is 3. The lowest BCUT2D eigenvalue weighted by Gasteiger charge is -2.14. The highest BCUT2D eigenvalue weighted by atomic mass is 16.5. The average molecular weight is 194 g/mol. The van der Waals surface area contributed by atoms with Crippen LogP contribution in [0.1, 0.15) is 32.1 Å². The van der Waals surface area contributed by atoms with Crippen molar-refractivity contribution in [3.8, 4) is 0 Å². The summed E-state index contributed by atoms with van der Waals surface area (Å²) >= 11 is 0. The Balaban J connectivity index is 1.94. The molecule has 14 heavy (non-hydrogen) atoms. The predicted octanol–water partition coefficient (Wildman–Crippen LogP) is 1.41. The number of rotatable bonds is 2. The molecule has 0 saturated carbocycles. The SMILES string of the molecule is O=C1C=C(CC2CCCO2)CCC1=O. The van der Waals surface area contributed by atoms with Gasteiger partial charge in [-0.15, -0.1) is 0 Å². The second kappa shape index (κ2) is 4.05. The topological polar surface area (TPSA) is 43.4 Å². The van der Waals surface area contributed by atoms with Gasteiger partial charge in [-0.3, -0.25) is 9.59 Å². The lowest BCUT2D eigenvalue weighted by molar-refractivity contribution is -0.134. The largest absolute Gasteiger partial charge is 0.378 e. The summed E-state index contributed by atoms with van der Waals surface area (Å²) in [6, 6.07) is 0. The van der Waals surface area contributed by atoms with E-state index in [9.17, 15) is 9.59 Å². The van der Waals surface area contributed by atoms with E-state index in [0.717, 1.165) is 37.9 Å². The number of hydrogen-bond donors (Lipinski definition) is 0. The van der Waals surface area contributed by atoms with Gasteiger partial charge in [0, 0.05) is 13.0 Å². The normalized spacial score (nSPS) is 28.0. The van der Waals surface area contributed by atoms with E-state index in [2.05, 4.69) is 0 Å². The Labute approximate surface area is 83.1 Å². The van der Waals surface area contributed by atoms with Gasteiger partial charge in [0.1, 0.15) is 0 Å². The summed E-state index contributed by atoms with van der Waals surface area (Å²) in [6.07, 6.45) is 5.95. The van der Waals surface area contributed by atoms with Gasteiger partial charge in [-0.1, -0.05) is 5.57 Å². The fourth-order valence-corrected chi connectivity index (χ4v) is 1.99. The molecule has 2 aliphatic rings. The fourth-order valence-electron chi connectivity index (χ4n) is 1.99. The van der Waals surface area contributed by atoms with Gasteiger partial charge in [0.05, 0.1) is 6.10 Å². The molecule has 3 heteroatoms. The molecule has 1 atom stereocenters. The maximum Gasteiger partial charge on any atom is 0.221 e. The van der Waals surface area contributed by atoms with E-state index >= 15 is 0 Å². The number of ketones is 2. The van der Waals surface area contributed by atoms with E-state index < -0.39 is 0 Å². The summed E-state index contributed by atoms with van der Waals surface area (Å²) in [4.78, 5) is 22.1. The summed E-state index contributed by atoms with van der Waals surface area (Å²) in [5, 5.41) is 0. The zero-order valence-electron chi connectivity index (χ0n) is 8.12. The lowest BCUT2D eigenvalue weighted by Crippen LogP contribution is -2.18. The van der Waals surface area contributed by atoms with Crippen LogP contribution in [0.25, 0.3) is 0 Å². The zero-order chi connectivity index (χ0) is 9.97. The Hall–Kier alpha value is -0.960. The first-order chi connectivity index (χ1) is 6.75. The van der Waals surface area contributed by atoms with Crippen molar-refractivity contribution in [1.29, 1.82) is 0 Å². The number of allylic oxidation sites excluding steroid dienone is 1. The van der Waals surface area contributed by atoms with Crippen molar-refractivity contribution in [3.05, 3.63) is 11.6 Å². The van der Waals surface area contributed by atoms with Crippen LogP contribution in [0.3, 0.4) is 0 Å². The van der Waals surface area contributed by atoms with Crippen LogP contribution in [0, 0.1) is 0 Å². The van der Waals surface area contributed by atoms with Crippen molar-refractivity contribution in [2.45, 2.75) is 38.2 Å². The molecule has 1 aliphatic carbocycles. The quantitative estimate of drug-likeness (QED) is 0.624. The molecule has 0 aromatic heterocycles. The summed E-state index contributed by atoms with van der Waals surface area (Å²) < 4.78 is 5.48. The third-order valence-electron chi connectivity index (χ3n) is 2.80. The van der Waals surface area contributed by atoms with E-state index in [0.29, 0.717) is 6.42 Å². The van der Waals surface area contributed by atoms with Gasteiger partial charge in [0.15, 0.2) is 0 Å². The highest BCUT2D eigenvalue weighted by Gasteiger charge is 2.22. The molecular weight excluding hydrogens is 180 g/mol. The van der Waals surface area contributed by atoms with Crippen LogP contribution in [-0.2, 0) is 14.3 Å². The van der Waals surface area contributed by atoms with Crippen molar-refractivity contribution < 1.29 is 14.3 Å². The third-order valence-corrected chi connectivity index (χ3v) is 2.80. The maximum absolute atomic E-state index is 11.1. The Morgan fingerprint density at radius 1 is 1.36 bits per heavy atom. The summed E-state index contributed by atoms with van der Waals surface area (Å²) in [6.45, 7) is 0.838. The highest BCUT2D eigenvalue weighted by Crippen LogP contribution is 2.24. The molecule has 76 valence electrons. The molecule has 0 bridgehead atoms. The predicted molar refractivity (Wildman–Crippen MR) is 50.9 cm³/mol. The second-order valence-electron chi connectivity index (χ2n) is 3.93. The summed E-state index contributed by atoms with van der Waals surface area (Å²) in [5.74, 6) is -0.578. The minimum atomic E-state index is -0.329.